The van der Waals surface area contributed by atoms with E-state index in [0.29, 0.717) is 18.5 Å². The van der Waals surface area contributed by atoms with Gasteiger partial charge in [0.15, 0.2) is 0 Å². The highest BCUT2D eigenvalue weighted by Gasteiger charge is 2.13. The lowest BCUT2D eigenvalue weighted by molar-refractivity contribution is -0.132. The van der Waals surface area contributed by atoms with Gasteiger partial charge in [-0.05, 0) is 48.4 Å². The number of unbranched alkanes of at least 4 members (excludes halogenated alkanes) is 3. The number of carbonyl (C=O) groups is 1. The predicted molar refractivity (Wildman–Crippen MR) is 112 cm³/mol. The molecule has 0 aromatic heterocycles. The molecule has 1 N–H and O–H groups in total. The molecule has 4 nitrogen and oxygen atoms in total. The second-order valence-corrected chi connectivity index (χ2v) is 7.06. The molecule has 0 radical (unpaired) electrons. The minimum absolute atomic E-state index is 0.199. The average Bonchev–Trinajstić information content (AvgIpc) is 2.74. The zero-order valence-corrected chi connectivity index (χ0v) is 16.7. The van der Waals surface area contributed by atoms with E-state index in [1.54, 1.807) is 0 Å². The zero-order valence-electron chi connectivity index (χ0n) is 16.7. The number of aliphatic hydroxyl groups excluding tert-OH is 1. The Labute approximate surface area is 168 Å². The quantitative estimate of drug-likeness (QED) is 0.565. The lowest BCUT2D eigenvalue weighted by atomic mass is 9.99. The fourth-order valence-electron chi connectivity index (χ4n) is 3.21. The Bertz CT molecular complexity index is 778. The number of benzene rings is 2. The van der Waals surface area contributed by atoms with Crippen LogP contribution < -0.4 is 0 Å². The van der Waals surface area contributed by atoms with E-state index in [2.05, 4.69) is 13.0 Å². The first kappa shape index (κ1) is 21.7. The third-order valence-corrected chi connectivity index (χ3v) is 4.87. The highest BCUT2D eigenvalue weighted by atomic mass is 16.2. The molecule has 0 aliphatic carbocycles. The van der Waals surface area contributed by atoms with Gasteiger partial charge in [0, 0.05) is 26.1 Å². The number of amides is 1. The number of nitrogens with zero attached hydrogens (tertiary/aromatic N) is 2. The Morgan fingerprint density at radius 2 is 1.79 bits per heavy atom. The fraction of sp³-hybridized carbons (Fsp3) is 0.417. The highest BCUT2D eigenvalue weighted by Crippen LogP contribution is 2.24. The van der Waals surface area contributed by atoms with E-state index in [1.165, 1.54) is 0 Å². The van der Waals surface area contributed by atoms with Crippen LogP contribution in [-0.2, 0) is 11.3 Å². The van der Waals surface area contributed by atoms with Crippen molar-refractivity contribution < 1.29 is 9.90 Å². The molecule has 0 spiro atoms. The number of rotatable bonds is 11. The summed E-state index contributed by atoms with van der Waals surface area (Å²) < 4.78 is 0. The molecule has 0 bridgehead atoms. The lowest BCUT2D eigenvalue weighted by Crippen LogP contribution is -2.31. The molecule has 0 aliphatic heterocycles. The molecule has 2 aromatic carbocycles. The third-order valence-electron chi connectivity index (χ3n) is 4.87. The van der Waals surface area contributed by atoms with Gasteiger partial charge in [0.2, 0.25) is 5.91 Å². The van der Waals surface area contributed by atoms with Crippen LogP contribution in [0.4, 0.5) is 0 Å². The van der Waals surface area contributed by atoms with Crippen molar-refractivity contribution in [3.05, 3.63) is 59.7 Å². The molecular formula is C24H30N2O2. The number of hydrogen-bond acceptors (Lipinski definition) is 3. The summed E-state index contributed by atoms with van der Waals surface area (Å²) in [6.45, 7) is 3.62. The van der Waals surface area contributed by atoms with Gasteiger partial charge in [-0.15, -0.1) is 0 Å². The first-order valence-corrected chi connectivity index (χ1v) is 10.2. The molecule has 0 fully saturated rings. The van der Waals surface area contributed by atoms with Gasteiger partial charge in [0.1, 0.15) is 0 Å². The molecular weight excluding hydrogens is 348 g/mol. The minimum Gasteiger partial charge on any atom is -0.396 e. The van der Waals surface area contributed by atoms with Crippen molar-refractivity contribution in [2.75, 3.05) is 13.2 Å². The molecule has 0 unspecified atom stereocenters. The zero-order chi connectivity index (χ0) is 20.2. The number of carbonyl (C=O) groups excluding carboxylic acids is 1. The molecule has 1 amide bonds. The average molecular weight is 379 g/mol. The van der Waals surface area contributed by atoms with Crippen molar-refractivity contribution in [2.24, 2.45) is 0 Å². The molecule has 148 valence electrons. The van der Waals surface area contributed by atoms with E-state index in [-0.39, 0.29) is 12.5 Å². The summed E-state index contributed by atoms with van der Waals surface area (Å²) in [4.78, 5) is 14.5. The van der Waals surface area contributed by atoms with E-state index in [4.69, 9.17) is 5.11 Å². The topological polar surface area (TPSA) is 64.3 Å². The van der Waals surface area contributed by atoms with Gasteiger partial charge in [0.05, 0.1) is 11.6 Å². The summed E-state index contributed by atoms with van der Waals surface area (Å²) in [5.74, 6) is 0.199. The Balaban J connectivity index is 2.08. The Kier molecular flexibility index (Phi) is 9.24. The van der Waals surface area contributed by atoms with Gasteiger partial charge in [-0.3, -0.25) is 4.79 Å². The molecule has 2 rings (SSSR count). The van der Waals surface area contributed by atoms with E-state index in [0.717, 1.165) is 55.3 Å². The highest BCUT2D eigenvalue weighted by molar-refractivity contribution is 5.76. The van der Waals surface area contributed by atoms with E-state index < -0.39 is 0 Å². The van der Waals surface area contributed by atoms with Gasteiger partial charge in [-0.2, -0.15) is 5.26 Å². The first-order chi connectivity index (χ1) is 13.7. The molecule has 28 heavy (non-hydrogen) atoms. The van der Waals surface area contributed by atoms with Crippen LogP contribution in [0.1, 0.15) is 56.6 Å². The first-order valence-electron chi connectivity index (χ1n) is 10.2. The predicted octanol–water partition coefficient (Wildman–Crippen LogP) is 4.91. The third kappa shape index (κ3) is 6.51. The number of aliphatic hydroxyl groups is 1. The summed E-state index contributed by atoms with van der Waals surface area (Å²) in [6, 6.07) is 17.9. The molecule has 0 aliphatic rings. The van der Waals surface area contributed by atoms with Gasteiger partial charge in [-0.1, -0.05) is 55.8 Å². The van der Waals surface area contributed by atoms with Crippen LogP contribution in [0, 0.1) is 11.3 Å². The van der Waals surface area contributed by atoms with Crippen LogP contribution in [0.2, 0.25) is 0 Å². The molecule has 4 heteroatoms. The Hall–Kier alpha value is -2.64. The van der Waals surface area contributed by atoms with Crippen LogP contribution in [0.15, 0.2) is 48.5 Å². The summed E-state index contributed by atoms with van der Waals surface area (Å²) >= 11 is 0. The fourth-order valence-corrected chi connectivity index (χ4v) is 3.21. The molecule has 0 saturated heterocycles. The van der Waals surface area contributed by atoms with Crippen LogP contribution in [0.25, 0.3) is 11.1 Å². The number of nitriles is 1. The van der Waals surface area contributed by atoms with E-state index in [1.807, 2.05) is 53.4 Å². The Morgan fingerprint density at radius 3 is 2.46 bits per heavy atom. The summed E-state index contributed by atoms with van der Waals surface area (Å²) in [6.07, 6.45) is 5.13. The normalized spacial score (nSPS) is 10.5. The van der Waals surface area contributed by atoms with Crippen molar-refractivity contribution in [2.45, 2.75) is 52.0 Å². The Morgan fingerprint density at radius 1 is 1.04 bits per heavy atom. The van der Waals surface area contributed by atoms with Crippen LogP contribution >= 0.6 is 0 Å². The summed E-state index contributed by atoms with van der Waals surface area (Å²) in [7, 11) is 0. The number of hydrogen-bond donors (Lipinski definition) is 1. The summed E-state index contributed by atoms with van der Waals surface area (Å²) in [5.41, 5.74) is 3.69. The van der Waals surface area contributed by atoms with Gasteiger partial charge >= 0.3 is 0 Å². The van der Waals surface area contributed by atoms with Crippen molar-refractivity contribution >= 4 is 5.91 Å². The van der Waals surface area contributed by atoms with Crippen molar-refractivity contribution in [1.29, 1.82) is 5.26 Å². The van der Waals surface area contributed by atoms with Gasteiger partial charge in [-0.25, -0.2) is 0 Å². The molecule has 0 atom stereocenters. The van der Waals surface area contributed by atoms with Crippen molar-refractivity contribution in [3.8, 4) is 17.2 Å². The largest absolute Gasteiger partial charge is 0.396 e. The maximum Gasteiger partial charge on any atom is 0.222 e. The van der Waals surface area contributed by atoms with Crippen LogP contribution in [-0.4, -0.2) is 29.1 Å². The second-order valence-electron chi connectivity index (χ2n) is 7.06. The monoisotopic (exact) mass is 378 g/mol. The standard InChI is InChI=1S/C24H30N2O2/c1-2-3-11-24(28)26(16-7-4-8-17-27)19-20-12-14-21(15-13-20)23-10-6-5-9-22(23)18-25/h5-6,9-10,12-15,27H,2-4,7-8,11,16-17,19H2,1H3. The second kappa shape index (κ2) is 11.9. The van der Waals surface area contributed by atoms with Crippen molar-refractivity contribution in [3.63, 3.8) is 0 Å². The van der Waals surface area contributed by atoms with Gasteiger partial charge < -0.3 is 10.0 Å². The maximum absolute atomic E-state index is 12.6. The molecule has 0 saturated carbocycles. The smallest absolute Gasteiger partial charge is 0.222 e. The molecule has 0 heterocycles. The maximum atomic E-state index is 12.6. The van der Waals surface area contributed by atoms with Crippen LogP contribution in [0.5, 0.6) is 0 Å². The lowest BCUT2D eigenvalue weighted by Gasteiger charge is -2.23. The SMILES string of the molecule is CCCCC(=O)N(CCCCCO)Cc1ccc(-c2ccccc2C#N)cc1. The van der Waals surface area contributed by atoms with Crippen molar-refractivity contribution in [1.82, 2.24) is 4.90 Å². The van der Waals surface area contributed by atoms with E-state index >= 15 is 0 Å². The van der Waals surface area contributed by atoms with Gasteiger partial charge in [0.25, 0.3) is 0 Å². The minimum atomic E-state index is 0.199. The van der Waals surface area contributed by atoms with Crippen LogP contribution in [0.3, 0.4) is 0 Å². The van der Waals surface area contributed by atoms with E-state index in [9.17, 15) is 10.1 Å². The summed E-state index contributed by atoms with van der Waals surface area (Å²) in [5, 5.41) is 18.2. The molecule has 2 aromatic rings.